The van der Waals surface area contributed by atoms with Crippen LogP contribution in [0.3, 0.4) is 0 Å². The highest BCUT2D eigenvalue weighted by molar-refractivity contribution is 7.08. The van der Waals surface area contributed by atoms with Crippen LogP contribution in [0.25, 0.3) is 0 Å². The largest absolute Gasteiger partial charge is 0.376 e. The first-order valence-corrected chi connectivity index (χ1v) is 14.0. The van der Waals surface area contributed by atoms with Crippen molar-refractivity contribution in [1.82, 2.24) is 9.80 Å². The van der Waals surface area contributed by atoms with Gasteiger partial charge in [-0.3, -0.25) is 4.79 Å². The fourth-order valence-electron chi connectivity index (χ4n) is 5.48. The van der Waals surface area contributed by atoms with Gasteiger partial charge in [-0.15, -0.1) is 0 Å². The number of carbonyl (C=O) groups excluding carboxylic acids is 1. The highest BCUT2D eigenvalue weighted by atomic mass is 35.5. The van der Waals surface area contributed by atoms with Gasteiger partial charge in [0.15, 0.2) is 0 Å². The van der Waals surface area contributed by atoms with E-state index in [0.29, 0.717) is 34.9 Å². The third-order valence-electron chi connectivity index (χ3n) is 7.54. The van der Waals surface area contributed by atoms with Gasteiger partial charge in [-0.25, -0.2) is 4.39 Å². The smallest absolute Gasteiger partial charge is 0.255 e. The maximum absolute atomic E-state index is 13.3. The van der Waals surface area contributed by atoms with Crippen molar-refractivity contribution in [2.24, 2.45) is 11.8 Å². The Morgan fingerprint density at radius 3 is 2.56 bits per heavy atom. The number of thiophene rings is 1. The lowest BCUT2D eigenvalue weighted by atomic mass is 9.89. The lowest BCUT2D eigenvalue weighted by Crippen LogP contribution is -2.39. The topological polar surface area (TPSA) is 32.8 Å². The first-order chi connectivity index (χ1) is 17.6. The summed E-state index contributed by atoms with van der Waals surface area (Å²) in [4.78, 5) is 17.8. The SMILES string of the molecule is O=C(c1ccccc1Cl)N1CC(CN2CCC(COCc3ccc(F)cc3)CC2)C(c2ccsc2)C1. The van der Waals surface area contributed by atoms with Crippen LogP contribution in [0.15, 0.2) is 65.4 Å². The molecule has 0 bridgehead atoms. The second-order valence-corrected chi connectivity index (χ2v) is 11.2. The van der Waals surface area contributed by atoms with Crippen molar-refractivity contribution in [2.45, 2.75) is 25.4 Å². The predicted molar refractivity (Wildman–Crippen MR) is 143 cm³/mol. The number of nitrogens with zero attached hydrogens (tertiary/aromatic N) is 2. The number of piperidine rings is 1. The molecule has 2 aliphatic heterocycles. The summed E-state index contributed by atoms with van der Waals surface area (Å²) in [5.74, 6) is 1.11. The van der Waals surface area contributed by atoms with Crippen LogP contribution in [0, 0.1) is 17.7 Å². The standard InChI is InChI=1S/C29H32ClFN2O2S/c30-28-4-2-1-3-26(28)29(34)33-16-24(27(17-33)23-11-14-36-20-23)15-32-12-9-22(10-13-32)19-35-18-21-5-7-25(31)8-6-21/h1-8,11,14,20,22,24,27H,9-10,12-13,15-19H2. The highest BCUT2D eigenvalue weighted by Crippen LogP contribution is 2.36. The zero-order chi connectivity index (χ0) is 24.9. The molecular weight excluding hydrogens is 495 g/mol. The van der Waals surface area contributed by atoms with Gasteiger partial charge in [-0.2, -0.15) is 11.3 Å². The summed E-state index contributed by atoms with van der Waals surface area (Å²) >= 11 is 8.06. The molecule has 2 aliphatic rings. The predicted octanol–water partition coefficient (Wildman–Crippen LogP) is 6.33. The van der Waals surface area contributed by atoms with Gasteiger partial charge in [-0.1, -0.05) is 35.9 Å². The minimum Gasteiger partial charge on any atom is -0.376 e. The first-order valence-electron chi connectivity index (χ1n) is 12.7. The zero-order valence-electron chi connectivity index (χ0n) is 20.3. The number of carbonyl (C=O) groups is 1. The van der Waals surface area contributed by atoms with E-state index in [1.54, 1.807) is 29.5 Å². The van der Waals surface area contributed by atoms with Crippen LogP contribution in [0.2, 0.25) is 5.02 Å². The third kappa shape index (κ3) is 6.17. The van der Waals surface area contributed by atoms with E-state index < -0.39 is 0 Å². The van der Waals surface area contributed by atoms with Crippen LogP contribution >= 0.6 is 22.9 Å². The summed E-state index contributed by atoms with van der Waals surface area (Å²) in [6.45, 7) is 5.86. The fraction of sp³-hybridized carbons (Fsp3) is 0.414. The summed E-state index contributed by atoms with van der Waals surface area (Å²) in [5, 5.41) is 4.87. The molecule has 3 aromatic rings. The van der Waals surface area contributed by atoms with Crippen LogP contribution in [0.5, 0.6) is 0 Å². The Bertz CT molecular complexity index is 1130. The Morgan fingerprint density at radius 2 is 1.83 bits per heavy atom. The normalized spacial score (nSPS) is 21.2. The van der Waals surface area contributed by atoms with Crippen LogP contribution < -0.4 is 0 Å². The quantitative estimate of drug-likeness (QED) is 0.344. The molecule has 0 saturated carbocycles. The molecule has 1 amide bonds. The van der Waals surface area contributed by atoms with Crippen LogP contribution in [0.4, 0.5) is 4.39 Å². The average molecular weight is 527 g/mol. The van der Waals surface area contributed by atoms with Gasteiger partial charge in [0.25, 0.3) is 5.91 Å². The minimum absolute atomic E-state index is 0.0281. The van der Waals surface area contributed by atoms with Crippen LogP contribution in [-0.2, 0) is 11.3 Å². The Balaban J connectivity index is 1.14. The summed E-state index contributed by atoms with van der Waals surface area (Å²) < 4.78 is 19.0. The number of ether oxygens (including phenoxy) is 1. The van der Waals surface area contributed by atoms with E-state index in [9.17, 15) is 9.18 Å². The van der Waals surface area contributed by atoms with Crippen molar-refractivity contribution in [3.8, 4) is 0 Å². The number of hydrogen-bond donors (Lipinski definition) is 0. The maximum Gasteiger partial charge on any atom is 0.255 e. The number of amides is 1. The molecule has 7 heteroatoms. The van der Waals surface area contributed by atoms with Crippen molar-refractivity contribution in [3.63, 3.8) is 0 Å². The van der Waals surface area contributed by atoms with Crippen molar-refractivity contribution in [1.29, 1.82) is 0 Å². The number of halogens is 2. The number of rotatable bonds is 8. The van der Waals surface area contributed by atoms with Gasteiger partial charge < -0.3 is 14.5 Å². The molecular formula is C29H32ClFN2O2S. The summed E-state index contributed by atoms with van der Waals surface area (Å²) in [6, 6.07) is 16.1. The average Bonchev–Trinajstić information content (AvgIpc) is 3.56. The zero-order valence-corrected chi connectivity index (χ0v) is 21.9. The van der Waals surface area contributed by atoms with Gasteiger partial charge in [0.1, 0.15) is 5.82 Å². The van der Waals surface area contributed by atoms with Crippen molar-refractivity contribution in [2.75, 3.05) is 39.3 Å². The van der Waals surface area contributed by atoms with Crippen molar-refractivity contribution < 1.29 is 13.9 Å². The molecule has 5 rings (SSSR count). The molecule has 0 radical (unpaired) electrons. The van der Waals surface area contributed by atoms with Gasteiger partial charge in [0.05, 0.1) is 17.2 Å². The third-order valence-corrected chi connectivity index (χ3v) is 8.57. The van der Waals surface area contributed by atoms with Crippen molar-refractivity contribution in [3.05, 3.63) is 92.9 Å². The molecule has 0 spiro atoms. The molecule has 0 aliphatic carbocycles. The van der Waals surface area contributed by atoms with E-state index in [4.69, 9.17) is 16.3 Å². The number of hydrogen-bond acceptors (Lipinski definition) is 4. The van der Waals surface area contributed by atoms with Crippen molar-refractivity contribution >= 4 is 28.8 Å². The van der Waals surface area contributed by atoms with Gasteiger partial charge in [0.2, 0.25) is 0 Å². The molecule has 2 unspecified atom stereocenters. The lowest BCUT2D eigenvalue weighted by molar-refractivity contribution is 0.0539. The molecule has 2 aromatic carbocycles. The number of likely N-dealkylation sites (tertiary alicyclic amines) is 2. The molecule has 36 heavy (non-hydrogen) atoms. The number of benzene rings is 2. The van der Waals surface area contributed by atoms with Gasteiger partial charge >= 0.3 is 0 Å². The van der Waals surface area contributed by atoms with E-state index >= 15 is 0 Å². The lowest BCUT2D eigenvalue weighted by Gasteiger charge is -2.34. The molecule has 4 nitrogen and oxygen atoms in total. The Kier molecular flexibility index (Phi) is 8.37. The molecule has 3 heterocycles. The minimum atomic E-state index is -0.217. The molecule has 2 atom stereocenters. The summed E-state index contributed by atoms with van der Waals surface area (Å²) in [6.07, 6.45) is 2.23. The van der Waals surface area contributed by atoms with Crippen LogP contribution in [-0.4, -0.2) is 55.0 Å². The van der Waals surface area contributed by atoms with Gasteiger partial charge in [0, 0.05) is 32.2 Å². The maximum atomic E-state index is 13.3. The van der Waals surface area contributed by atoms with E-state index in [2.05, 4.69) is 21.7 Å². The molecule has 2 fully saturated rings. The Morgan fingerprint density at radius 1 is 1.06 bits per heavy atom. The second-order valence-electron chi connectivity index (χ2n) is 10.00. The summed E-state index contributed by atoms with van der Waals surface area (Å²) in [7, 11) is 0. The highest BCUT2D eigenvalue weighted by Gasteiger charge is 2.38. The van der Waals surface area contributed by atoms with E-state index in [0.717, 1.165) is 57.7 Å². The fourth-order valence-corrected chi connectivity index (χ4v) is 6.42. The monoisotopic (exact) mass is 526 g/mol. The van der Waals surface area contributed by atoms with Gasteiger partial charge in [-0.05, 0) is 90.0 Å². The van der Waals surface area contributed by atoms with Crippen LogP contribution in [0.1, 0.15) is 40.2 Å². The van der Waals surface area contributed by atoms with E-state index in [1.807, 2.05) is 23.1 Å². The van der Waals surface area contributed by atoms with E-state index in [1.165, 1.54) is 17.7 Å². The second kappa shape index (κ2) is 11.9. The summed E-state index contributed by atoms with van der Waals surface area (Å²) in [5.41, 5.74) is 2.93. The molecule has 190 valence electrons. The van der Waals surface area contributed by atoms with E-state index in [-0.39, 0.29) is 11.7 Å². The Labute approximate surface area is 221 Å². The molecule has 2 saturated heterocycles. The first kappa shape index (κ1) is 25.4. The Hall–Kier alpha value is -2.25. The molecule has 0 N–H and O–H groups in total. The molecule has 1 aromatic heterocycles.